The van der Waals surface area contributed by atoms with Crippen LogP contribution in [0.1, 0.15) is 16.7 Å². The number of nitrogens with one attached hydrogen (secondary N) is 1. The van der Waals surface area contributed by atoms with Crippen molar-refractivity contribution < 1.29 is 4.39 Å². The van der Waals surface area contributed by atoms with Gasteiger partial charge in [0.25, 0.3) is 0 Å². The van der Waals surface area contributed by atoms with Gasteiger partial charge in [0, 0.05) is 5.02 Å². The van der Waals surface area contributed by atoms with Gasteiger partial charge in [0.15, 0.2) is 0 Å². The second kappa shape index (κ2) is 7.58. The Morgan fingerprint density at radius 3 is 2.48 bits per heavy atom. The first kappa shape index (κ1) is 16.0. The Hall–Kier alpha value is -1.38. The molecule has 0 fully saturated rings. The summed E-state index contributed by atoms with van der Waals surface area (Å²) in [6.45, 7) is 2.93. The Kier molecular flexibility index (Phi) is 5.77. The van der Waals surface area contributed by atoms with Crippen LogP contribution >= 0.6 is 11.6 Å². The normalized spacial score (nSPS) is 12.4. The van der Waals surface area contributed by atoms with Crippen LogP contribution in [0.25, 0.3) is 0 Å². The fourth-order valence-electron chi connectivity index (χ4n) is 2.57. The maximum atomic E-state index is 13.9. The molecule has 2 rings (SSSR count). The van der Waals surface area contributed by atoms with Crippen LogP contribution in [0.4, 0.5) is 4.39 Å². The molecule has 0 aromatic heterocycles. The Morgan fingerprint density at radius 1 is 1.10 bits per heavy atom. The van der Waals surface area contributed by atoms with Crippen molar-refractivity contribution in [3.8, 4) is 0 Å². The molecular formula is C18H21ClFN. The van der Waals surface area contributed by atoms with Crippen molar-refractivity contribution in [1.29, 1.82) is 0 Å². The maximum absolute atomic E-state index is 13.9. The van der Waals surface area contributed by atoms with Gasteiger partial charge < -0.3 is 5.32 Å². The summed E-state index contributed by atoms with van der Waals surface area (Å²) in [5, 5.41) is 3.79. The van der Waals surface area contributed by atoms with Crippen molar-refractivity contribution in [2.45, 2.75) is 19.8 Å². The van der Waals surface area contributed by atoms with E-state index in [4.69, 9.17) is 11.6 Å². The summed E-state index contributed by atoms with van der Waals surface area (Å²) in [5.41, 5.74) is 3.22. The van der Waals surface area contributed by atoms with Gasteiger partial charge >= 0.3 is 0 Å². The largest absolute Gasteiger partial charge is 0.319 e. The predicted octanol–water partition coefficient (Wildman–Crippen LogP) is 4.41. The fourth-order valence-corrected chi connectivity index (χ4v) is 2.77. The number of rotatable bonds is 6. The molecule has 21 heavy (non-hydrogen) atoms. The third kappa shape index (κ3) is 4.83. The van der Waals surface area contributed by atoms with E-state index in [1.54, 1.807) is 12.1 Å². The van der Waals surface area contributed by atoms with E-state index in [0.29, 0.717) is 22.9 Å². The van der Waals surface area contributed by atoms with Crippen LogP contribution in [0.3, 0.4) is 0 Å². The van der Waals surface area contributed by atoms with Crippen molar-refractivity contribution in [2.24, 2.45) is 5.92 Å². The first-order valence-electron chi connectivity index (χ1n) is 7.22. The summed E-state index contributed by atoms with van der Waals surface area (Å²) < 4.78 is 13.9. The summed E-state index contributed by atoms with van der Waals surface area (Å²) in [6.07, 6.45) is 1.61. The summed E-state index contributed by atoms with van der Waals surface area (Å²) in [4.78, 5) is 0. The molecule has 2 aromatic carbocycles. The van der Waals surface area contributed by atoms with E-state index >= 15 is 0 Å². The molecule has 112 valence electrons. The van der Waals surface area contributed by atoms with Gasteiger partial charge in [-0.25, -0.2) is 4.39 Å². The highest BCUT2D eigenvalue weighted by Gasteiger charge is 2.13. The highest BCUT2D eigenvalue weighted by Crippen LogP contribution is 2.20. The molecule has 0 saturated carbocycles. The van der Waals surface area contributed by atoms with Gasteiger partial charge in [0.2, 0.25) is 0 Å². The van der Waals surface area contributed by atoms with E-state index in [2.05, 4.69) is 36.5 Å². The lowest BCUT2D eigenvalue weighted by molar-refractivity contribution is 0.480. The van der Waals surface area contributed by atoms with E-state index in [9.17, 15) is 4.39 Å². The molecular weight excluding hydrogens is 285 g/mol. The van der Waals surface area contributed by atoms with Crippen molar-refractivity contribution >= 4 is 11.6 Å². The Labute approximate surface area is 131 Å². The lowest BCUT2D eigenvalue weighted by Crippen LogP contribution is -2.23. The summed E-state index contributed by atoms with van der Waals surface area (Å²) >= 11 is 5.97. The zero-order valence-electron chi connectivity index (χ0n) is 12.5. The molecule has 0 saturated heterocycles. The first-order chi connectivity index (χ1) is 10.1. The monoisotopic (exact) mass is 305 g/mol. The molecule has 2 aromatic rings. The zero-order valence-corrected chi connectivity index (χ0v) is 13.3. The Bertz CT molecular complexity index is 580. The SMILES string of the molecule is CNCC(Cc1ccc(C)cc1)Cc1cc(Cl)ccc1F. The molecule has 0 spiro atoms. The summed E-state index contributed by atoms with van der Waals surface area (Å²) in [7, 11) is 1.93. The number of hydrogen-bond donors (Lipinski definition) is 1. The quantitative estimate of drug-likeness (QED) is 0.833. The van der Waals surface area contributed by atoms with Gasteiger partial charge in [-0.15, -0.1) is 0 Å². The highest BCUT2D eigenvalue weighted by molar-refractivity contribution is 6.30. The minimum atomic E-state index is -0.176. The van der Waals surface area contributed by atoms with Crippen molar-refractivity contribution in [3.05, 3.63) is 70.0 Å². The lowest BCUT2D eigenvalue weighted by Gasteiger charge is -2.17. The second-order valence-corrected chi connectivity index (χ2v) is 5.99. The second-order valence-electron chi connectivity index (χ2n) is 5.55. The molecule has 0 radical (unpaired) electrons. The van der Waals surface area contributed by atoms with Crippen LogP contribution in [0.2, 0.25) is 5.02 Å². The Morgan fingerprint density at radius 2 is 1.81 bits per heavy atom. The predicted molar refractivity (Wildman–Crippen MR) is 87.4 cm³/mol. The van der Waals surface area contributed by atoms with Crippen molar-refractivity contribution in [2.75, 3.05) is 13.6 Å². The third-order valence-corrected chi connectivity index (χ3v) is 3.89. The van der Waals surface area contributed by atoms with E-state index in [0.717, 1.165) is 13.0 Å². The van der Waals surface area contributed by atoms with Crippen LogP contribution in [0.15, 0.2) is 42.5 Å². The van der Waals surface area contributed by atoms with Gasteiger partial charge in [-0.3, -0.25) is 0 Å². The molecule has 1 nitrogen and oxygen atoms in total. The highest BCUT2D eigenvalue weighted by atomic mass is 35.5. The molecule has 0 amide bonds. The van der Waals surface area contributed by atoms with E-state index in [1.807, 2.05) is 7.05 Å². The molecule has 0 aliphatic heterocycles. The molecule has 1 unspecified atom stereocenters. The Balaban J connectivity index is 2.11. The third-order valence-electron chi connectivity index (χ3n) is 3.65. The fraction of sp³-hybridized carbons (Fsp3) is 0.333. The van der Waals surface area contributed by atoms with Gasteiger partial charge in [0.05, 0.1) is 0 Å². The molecule has 3 heteroatoms. The van der Waals surface area contributed by atoms with Crippen LogP contribution in [0, 0.1) is 18.7 Å². The zero-order chi connectivity index (χ0) is 15.2. The topological polar surface area (TPSA) is 12.0 Å². The average molecular weight is 306 g/mol. The van der Waals surface area contributed by atoms with E-state index < -0.39 is 0 Å². The number of benzene rings is 2. The van der Waals surface area contributed by atoms with Crippen LogP contribution in [-0.4, -0.2) is 13.6 Å². The molecule has 0 bridgehead atoms. The van der Waals surface area contributed by atoms with Crippen molar-refractivity contribution in [3.63, 3.8) is 0 Å². The standard InChI is InChI=1S/C18H21ClFN/c1-13-3-5-14(6-4-13)9-15(12-21-2)10-16-11-17(19)7-8-18(16)20/h3-8,11,15,21H,9-10,12H2,1-2H3. The van der Waals surface area contributed by atoms with E-state index in [1.165, 1.54) is 17.2 Å². The van der Waals surface area contributed by atoms with Gasteiger partial charge in [0.1, 0.15) is 5.82 Å². The molecule has 1 N–H and O–H groups in total. The van der Waals surface area contributed by atoms with Gasteiger partial charge in [-0.05, 0) is 68.6 Å². The van der Waals surface area contributed by atoms with E-state index in [-0.39, 0.29) is 5.82 Å². The first-order valence-corrected chi connectivity index (χ1v) is 7.60. The summed E-state index contributed by atoms with van der Waals surface area (Å²) in [5.74, 6) is 0.162. The number of aryl methyl sites for hydroxylation is 1. The van der Waals surface area contributed by atoms with Gasteiger partial charge in [-0.1, -0.05) is 41.4 Å². The van der Waals surface area contributed by atoms with Crippen LogP contribution in [-0.2, 0) is 12.8 Å². The number of hydrogen-bond acceptors (Lipinski definition) is 1. The smallest absolute Gasteiger partial charge is 0.126 e. The van der Waals surface area contributed by atoms with Crippen molar-refractivity contribution in [1.82, 2.24) is 5.32 Å². The minimum absolute atomic E-state index is 0.176. The molecule has 0 aliphatic rings. The molecule has 0 aliphatic carbocycles. The van der Waals surface area contributed by atoms with Gasteiger partial charge in [-0.2, -0.15) is 0 Å². The lowest BCUT2D eigenvalue weighted by atomic mass is 9.92. The number of halogens is 2. The molecule has 0 heterocycles. The van der Waals surface area contributed by atoms with Crippen LogP contribution in [0.5, 0.6) is 0 Å². The summed E-state index contributed by atoms with van der Waals surface area (Å²) in [6, 6.07) is 13.3. The average Bonchev–Trinajstić information content (AvgIpc) is 2.45. The minimum Gasteiger partial charge on any atom is -0.319 e. The maximum Gasteiger partial charge on any atom is 0.126 e. The molecule has 1 atom stereocenters. The van der Waals surface area contributed by atoms with Crippen LogP contribution < -0.4 is 5.32 Å².